The fourth-order valence-electron chi connectivity index (χ4n) is 2.51. The van der Waals surface area contributed by atoms with Crippen molar-refractivity contribution in [3.8, 4) is 6.07 Å². The summed E-state index contributed by atoms with van der Waals surface area (Å²) in [5, 5.41) is 21.2. The number of nitriles is 1. The maximum Gasteiger partial charge on any atom is 0.208 e. The Kier molecular flexibility index (Phi) is 4.83. The fourth-order valence-corrected chi connectivity index (χ4v) is 3.75. The third-order valence-electron chi connectivity index (χ3n) is 3.48. The molecule has 19 heavy (non-hydrogen) atoms. The lowest BCUT2D eigenvalue weighted by atomic mass is 9.82. The first-order valence-corrected chi connectivity index (χ1v) is 7.77. The van der Waals surface area contributed by atoms with Crippen LogP contribution in [0.3, 0.4) is 0 Å². The summed E-state index contributed by atoms with van der Waals surface area (Å²) in [4.78, 5) is 4.33. The third kappa shape index (κ3) is 3.71. The molecule has 104 valence electrons. The Morgan fingerprint density at radius 2 is 2.47 bits per heavy atom. The second-order valence-corrected chi connectivity index (χ2v) is 6.43. The summed E-state index contributed by atoms with van der Waals surface area (Å²) in [6, 6.07) is 2.50. The van der Waals surface area contributed by atoms with Gasteiger partial charge in [-0.3, -0.25) is 10.4 Å². The molecule has 1 saturated carbocycles. The maximum atomic E-state index is 9.50. The zero-order valence-corrected chi connectivity index (χ0v) is 12.4. The van der Waals surface area contributed by atoms with Crippen LogP contribution >= 0.6 is 11.8 Å². The largest absolute Gasteiger partial charge is 0.299 e. The molecule has 2 rings (SSSR count). The minimum absolute atomic E-state index is 0.350. The summed E-state index contributed by atoms with van der Waals surface area (Å²) < 4.78 is 0. The first-order chi connectivity index (χ1) is 9.17. The van der Waals surface area contributed by atoms with Gasteiger partial charge in [0.25, 0.3) is 0 Å². The molecule has 1 aliphatic carbocycles. The normalized spacial score (nSPS) is 27.1. The second-order valence-electron chi connectivity index (χ2n) is 5.16. The van der Waals surface area contributed by atoms with Crippen LogP contribution in [0.5, 0.6) is 0 Å². The van der Waals surface area contributed by atoms with E-state index >= 15 is 0 Å². The summed E-state index contributed by atoms with van der Waals surface area (Å²) in [5.74, 6) is 0.842. The Bertz CT molecular complexity index is 452. The molecule has 1 aromatic heterocycles. The van der Waals surface area contributed by atoms with E-state index < -0.39 is 0 Å². The number of H-pyrrole nitrogens is 1. The lowest BCUT2D eigenvalue weighted by molar-refractivity contribution is 0.304. The average Bonchev–Trinajstić information content (AvgIpc) is 2.82. The number of nitrogens with one attached hydrogen (secondary N) is 2. The highest BCUT2D eigenvalue weighted by atomic mass is 32.2. The van der Waals surface area contributed by atoms with E-state index in [1.54, 1.807) is 11.8 Å². The number of aryl methyl sites for hydroxylation is 1. The van der Waals surface area contributed by atoms with Crippen LogP contribution in [0.1, 0.15) is 44.9 Å². The van der Waals surface area contributed by atoms with Crippen molar-refractivity contribution in [1.82, 2.24) is 20.5 Å². The number of hydrogen-bond acceptors (Lipinski definition) is 5. The van der Waals surface area contributed by atoms with Crippen molar-refractivity contribution in [3.63, 3.8) is 0 Å². The molecule has 5 nitrogen and oxygen atoms in total. The maximum absolute atomic E-state index is 9.50. The summed E-state index contributed by atoms with van der Waals surface area (Å²) in [5.41, 5.74) is -0.350. The van der Waals surface area contributed by atoms with E-state index in [2.05, 4.69) is 33.5 Å². The molecule has 1 aliphatic rings. The van der Waals surface area contributed by atoms with Gasteiger partial charge in [-0.25, -0.2) is 4.98 Å². The molecule has 6 heteroatoms. The zero-order valence-electron chi connectivity index (χ0n) is 11.6. The monoisotopic (exact) mass is 279 g/mol. The van der Waals surface area contributed by atoms with E-state index in [1.807, 2.05) is 6.92 Å². The smallest absolute Gasteiger partial charge is 0.208 e. The molecule has 0 aliphatic heterocycles. The molecule has 0 amide bonds. The molecule has 0 saturated heterocycles. The van der Waals surface area contributed by atoms with E-state index in [1.165, 1.54) is 0 Å². The molecule has 0 aromatic carbocycles. The number of aromatic amines is 1. The van der Waals surface area contributed by atoms with Crippen LogP contribution in [0, 0.1) is 18.3 Å². The lowest BCUT2D eigenvalue weighted by Gasteiger charge is -2.35. The molecular formula is C13H21N5S. The Balaban J connectivity index is 1.97. The van der Waals surface area contributed by atoms with Crippen molar-refractivity contribution in [2.45, 2.75) is 61.9 Å². The number of aromatic nitrogens is 3. The quantitative estimate of drug-likeness (QED) is 0.865. The van der Waals surface area contributed by atoms with Crippen molar-refractivity contribution in [3.05, 3.63) is 5.82 Å². The summed E-state index contributed by atoms with van der Waals surface area (Å²) in [6.45, 7) is 4.94. The van der Waals surface area contributed by atoms with Crippen LogP contribution < -0.4 is 5.32 Å². The SMILES string of the molecule is CCCNC1(C#N)CCCC(Sc2n[nH]c(C)n2)C1. The molecule has 1 fully saturated rings. The van der Waals surface area contributed by atoms with Gasteiger partial charge in [0, 0.05) is 5.25 Å². The number of nitrogens with zero attached hydrogens (tertiary/aromatic N) is 3. The zero-order chi connectivity index (χ0) is 13.7. The topological polar surface area (TPSA) is 77.4 Å². The van der Waals surface area contributed by atoms with Crippen molar-refractivity contribution in [2.75, 3.05) is 6.54 Å². The lowest BCUT2D eigenvalue weighted by Crippen LogP contribution is -2.48. The van der Waals surface area contributed by atoms with Gasteiger partial charge in [0.05, 0.1) is 6.07 Å². The van der Waals surface area contributed by atoms with Crippen LogP contribution in [0.25, 0.3) is 0 Å². The Morgan fingerprint density at radius 3 is 3.11 bits per heavy atom. The van der Waals surface area contributed by atoms with Gasteiger partial charge in [0.2, 0.25) is 5.16 Å². The van der Waals surface area contributed by atoms with Crippen LogP contribution in [-0.2, 0) is 0 Å². The molecule has 1 heterocycles. The molecule has 1 aromatic rings. The van der Waals surface area contributed by atoms with Crippen LogP contribution in [-0.4, -0.2) is 32.5 Å². The van der Waals surface area contributed by atoms with Gasteiger partial charge >= 0.3 is 0 Å². The summed E-state index contributed by atoms with van der Waals surface area (Å²) in [6.07, 6.45) is 5.11. The van der Waals surface area contributed by atoms with Crippen molar-refractivity contribution < 1.29 is 0 Å². The highest BCUT2D eigenvalue weighted by molar-refractivity contribution is 7.99. The molecule has 0 radical (unpaired) electrons. The van der Waals surface area contributed by atoms with Gasteiger partial charge in [-0.15, -0.1) is 5.10 Å². The predicted molar refractivity (Wildman–Crippen MR) is 75.9 cm³/mol. The van der Waals surface area contributed by atoms with E-state index in [9.17, 15) is 5.26 Å². The molecule has 0 spiro atoms. The molecule has 0 bridgehead atoms. The number of rotatable bonds is 5. The fraction of sp³-hybridized carbons (Fsp3) is 0.769. The van der Waals surface area contributed by atoms with Gasteiger partial charge in [0.1, 0.15) is 11.4 Å². The average molecular weight is 279 g/mol. The minimum atomic E-state index is -0.350. The van der Waals surface area contributed by atoms with E-state index in [4.69, 9.17) is 0 Å². The first kappa shape index (κ1) is 14.4. The first-order valence-electron chi connectivity index (χ1n) is 6.89. The van der Waals surface area contributed by atoms with Gasteiger partial charge in [-0.2, -0.15) is 5.26 Å². The highest BCUT2D eigenvalue weighted by Crippen LogP contribution is 2.37. The highest BCUT2D eigenvalue weighted by Gasteiger charge is 2.36. The standard InChI is InChI=1S/C13H21N5S/c1-3-7-15-13(9-14)6-4-5-11(8-13)19-12-16-10(2)17-18-12/h11,15H,3-8H2,1-2H3,(H,16,17,18). The van der Waals surface area contributed by atoms with E-state index in [0.29, 0.717) is 5.25 Å². The van der Waals surface area contributed by atoms with Crippen molar-refractivity contribution >= 4 is 11.8 Å². The van der Waals surface area contributed by atoms with Gasteiger partial charge < -0.3 is 0 Å². The van der Waals surface area contributed by atoms with Crippen molar-refractivity contribution in [1.29, 1.82) is 5.26 Å². The molecule has 2 unspecified atom stereocenters. The Morgan fingerprint density at radius 1 is 1.63 bits per heavy atom. The molecule has 2 N–H and O–H groups in total. The van der Waals surface area contributed by atoms with Crippen molar-refractivity contribution in [2.24, 2.45) is 0 Å². The number of thioether (sulfide) groups is 1. The third-order valence-corrected chi connectivity index (χ3v) is 4.61. The Hall–Kier alpha value is -1.06. The summed E-state index contributed by atoms with van der Waals surface area (Å²) >= 11 is 1.69. The molecular weight excluding hydrogens is 258 g/mol. The summed E-state index contributed by atoms with van der Waals surface area (Å²) in [7, 11) is 0. The predicted octanol–water partition coefficient (Wildman–Crippen LogP) is 2.41. The van der Waals surface area contributed by atoms with Crippen LogP contribution in [0.15, 0.2) is 5.16 Å². The molecule has 2 atom stereocenters. The number of hydrogen-bond donors (Lipinski definition) is 2. The second kappa shape index (κ2) is 6.40. The van der Waals surface area contributed by atoms with E-state index in [0.717, 1.165) is 49.6 Å². The van der Waals surface area contributed by atoms with Gasteiger partial charge in [0.15, 0.2) is 0 Å². The van der Waals surface area contributed by atoms with E-state index in [-0.39, 0.29) is 5.54 Å². The van der Waals surface area contributed by atoms with Gasteiger partial charge in [-0.1, -0.05) is 18.7 Å². The van der Waals surface area contributed by atoms with Crippen LogP contribution in [0.2, 0.25) is 0 Å². The van der Waals surface area contributed by atoms with Crippen LogP contribution in [0.4, 0.5) is 0 Å². The Labute approximate surface area is 118 Å². The minimum Gasteiger partial charge on any atom is -0.299 e. The van der Waals surface area contributed by atoms with Gasteiger partial charge in [-0.05, 0) is 45.6 Å².